The van der Waals surface area contributed by atoms with Gasteiger partial charge < -0.3 is 10.2 Å². The number of rotatable bonds is 4. The Balaban J connectivity index is 3.16. The Kier molecular flexibility index (Phi) is 3.38. The zero-order valence-electron chi connectivity index (χ0n) is 10.1. The first-order valence-electron chi connectivity index (χ1n) is 5.27. The van der Waals surface area contributed by atoms with Gasteiger partial charge in [-0.3, -0.25) is 9.59 Å². The van der Waals surface area contributed by atoms with Crippen molar-refractivity contribution in [1.82, 2.24) is 0 Å². The summed E-state index contributed by atoms with van der Waals surface area (Å²) in [6, 6.07) is 8.17. The third-order valence-electron chi connectivity index (χ3n) is 3.23. The molecule has 0 aliphatic carbocycles. The highest BCUT2D eigenvalue weighted by Gasteiger charge is 2.50. The Bertz CT molecular complexity index is 432. The molecule has 0 bridgehead atoms. The van der Waals surface area contributed by atoms with E-state index in [4.69, 9.17) is 5.11 Å². The van der Waals surface area contributed by atoms with Crippen LogP contribution in [0.25, 0.3) is 0 Å². The van der Waals surface area contributed by atoms with Crippen molar-refractivity contribution in [1.29, 1.82) is 0 Å². The Hall–Kier alpha value is -1.68. The van der Waals surface area contributed by atoms with Crippen LogP contribution in [0.3, 0.4) is 0 Å². The summed E-state index contributed by atoms with van der Waals surface area (Å²) in [5, 5.41) is 19.3. The minimum Gasteiger partial charge on any atom is -0.481 e. The Labute approximate surface area is 99.9 Å². The van der Waals surface area contributed by atoms with Gasteiger partial charge in [-0.25, -0.2) is 0 Å². The van der Waals surface area contributed by atoms with Crippen molar-refractivity contribution in [2.75, 3.05) is 0 Å². The number of carboxylic acids is 1. The molecule has 0 radical (unpaired) electrons. The first-order valence-corrected chi connectivity index (χ1v) is 5.27. The fraction of sp³-hybridized carbons (Fsp3) is 0.385. The van der Waals surface area contributed by atoms with E-state index in [1.807, 2.05) is 0 Å². The SMILES string of the molecule is CC(C)(C(=O)O)C(C)(O)C(=O)c1ccccc1. The summed E-state index contributed by atoms with van der Waals surface area (Å²) in [7, 11) is 0. The van der Waals surface area contributed by atoms with E-state index in [0.29, 0.717) is 5.56 Å². The molecule has 17 heavy (non-hydrogen) atoms. The van der Waals surface area contributed by atoms with Crippen LogP contribution in [0.5, 0.6) is 0 Å². The molecule has 2 N–H and O–H groups in total. The smallest absolute Gasteiger partial charge is 0.312 e. The number of carbonyl (C=O) groups excluding carboxylic acids is 1. The van der Waals surface area contributed by atoms with Crippen molar-refractivity contribution in [3.05, 3.63) is 35.9 Å². The standard InChI is InChI=1S/C13H16O4/c1-12(2,11(15)16)13(3,17)10(14)9-7-5-4-6-8-9/h4-8,17H,1-3H3,(H,15,16). The third kappa shape index (κ3) is 2.22. The Morgan fingerprint density at radius 1 is 1.06 bits per heavy atom. The number of aliphatic hydroxyl groups is 1. The van der Waals surface area contributed by atoms with Crippen molar-refractivity contribution >= 4 is 11.8 Å². The van der Waals surface area contributed by atoms with Crippen molar-refractivity contribution in [2.24, 2.45) is 5.41 Å². The fourth-order valence-electron chi connectivity index (χ4n) is 1.36. The Morgan fingerprint density at radius 3 is 1.94 bits per heavy atom. The number of carbonyl (C=O) groups is 2. The molecule has 0 saturated carbocycles. The molecule has 92 valence electrons. The summed E-state index contributed by atoms with van der Waals surface area (Å²) < 4.78 is 0. The van der Waals surface area contributed by atoms with Gasteiger partial charge in [0.2, 0.25) is 0 Å². The second kappa shape index (κ2) is 4.30. The molecule has 0 amide bonds. The first-order chi connectivity index (χ1) is 7.71. The summed E-state index contributed by atoms with van der Waals surface area (Å²) in [6.07, 6.45) is 0. The molecular weight excluding hydrogens is 220 g/mol. The lowest BCUT2D eigenvalue weighted by molar-refractivity contribution is -0.157. The van der Waals surface area contributed by atoms with Crippen LogP contribution in [0.1, 0.15) is 31.1 Å². The molecule has 0 aromatic heterocycles. The van der Waals surface area contributed by atoms with Gasteiger partial charge in [0.1, 0.15) is 5.60 Å². The number of carboxylic acid groups (broad SMARTS) is 1. The van der Waals surface area contributed by atoms with Crippen LogP contribution < -0.4 is 0 Å². The zero-order chi connectivity index (χ0) is 13.3. The van der Waals surface area contributed by atoms with Crippen molar-refractivity contribution in [3.63, 3.8) is 0 Å². The van der Waals surface area contributed by atoms with E-state index in [1.165, 1.54) is 20.8 Å². The molecule has 0 aliphatic heterocycles. The van der Waals surface area contributed by atoms with Gasteiger partial charge in [0, 0.05) is 5.56 Å². The van der Waals surface area contributed by atoms with Crippen LogP contribution in [0.2, 0.25) is 0 Å². The molecule has 1 aromatic carbocycles. The second-order valence-corrected chi connectivity index (χ2v) is 4.70. The highest BCUT2D eigenvalue weighted by Crippen LogP contribution is 2.33. The number of hydrogen-bond donors (Lipinski definition) is 2. The number of ketones is 1. The monoisotopic (exact) mass is 236 g/mol. The quantitative estimate of drug-likeness (QED) is 0.781. The van der Waals surface area contributed by atoms with Crippen LogP contribution in [-0.2, 0) is 4.79 Å². The predicted molar refractivity (Wildman–Crippen MR) is 62.8 cm³/mol. The van der Waals surface area contributed by atoms with Gasteiger partial charge in [0.15, 0.2) is 5.78 Å². The molecule has 0 spiro atoms. The number of Topliss-reactive ketones (excluding diaryl/α,β-unsaturated/α-hetero) is 1. The second-order valence-electron chi connectivity index (χ2n) is 4.70. The zero-order valence-corrected chi connectivity index (χ0v) is 10.1. The lowest BCUT2D eigenvalue weighted by Gasteiger charge is -2.35. The maximum Gasteiger partial charge on any atom is 0.312 e. The van der Waals surface area contributed by atoms with Gasteiger partial charge >= 0.3 is 5.97 Å². The molecule has 0 heterocycles. The molecule has 1 atom stereocenters. The van der Waals surface area contributed by atoms with Crippen LogP contribution in [0.15, 0.2) is 30.3 Å². The summed E-state index contributed by atoms with van der Waals surface area (Å²) in [5.74, 6) is -1.81. The van der Waals surface area contributed by atoms with E-state index in [2.05, 4.69) is 0 Å². The molecular formula is C13H16O4. The van der Waals surface area contributed by atoms with Gasteiger partial charge in [-0.05, 0) is 20.8 Å². The van der Waals surface area contributed by atoms with Crippen LogP contribution in [-0.4, -0.2) is 27.6 Å². The predicted octanol–water partition coefficient (Wildman–Crippen LogP) is 1.73. The summed E-state index contributed by atoms with van der Waals surface area (Å²) >= 11 is 0. The maximum absolute atomic E-state index is 12.1. The fourth-order valence-corrected chi connectivity index (χ4v) is 1.36. The molecule has 0 aliphatic rings. The van der Waals surface area contributed by atoms with Crippen LogP contribution in [0, 0.1) is 5.41 Å². The minimum absolute atomic E-state index is 0.298. The van der Waals surface area contributed by atoms with E-state index in [9.17, 15) is 14.7 Å². The van der Waals surface area contributed by atoms with Crippen LogP contribution in [0.4, 0.5) is 0 Å². The highest BCUT2D eigenvalue weighted by molar-refractivity contribution is 6.05. The average molecular weight is 236 g/mol. The van der Waals surface area contributed by atoms with Crippen molar-refractivity contribution < 1.29 is 19.8 Å². The molecule has 1 aromatic rings. The maximum atomic E-state index is 12.1. The van der Waals surface area contributed by atoms with Gasteiger partial charge in [-0.1, -0.05) is 30.3 Å². The number of benzene rings is 1. The topological polar surface area (TPSA) is 74.6 Å². The molecule has 0 saturated heterocycles. The largest absolute Gasteiger partial charge is 0.481 e. The van der Waals surface area contributed by atoms with E-state index in [-0.39, 0.29) is 0 Å². The summed E-state index contributed by atoms with van der Waals surface area (Å²) in [5.41, 5.74) is -3.22. The third-order valence-corrected chi connectivity index (χ3v) is 3.23. The first kappa shape index (κ1) is 13.4. The van der Waals surface area contributed by atoms with E-state index >= 15 is 0 Å². The molecule has 1 rings (SSSR count). The van der Waals surface area contributed by atoms with E-state index in [0.717, 1.165) is 0 Å². The van der Waals surface area contributed by atoms with Crippen molar-refractivity contribution in [2.45, 2.75) is 26.4 Å². The normalized spacial score (nSPS) is 15.1. The molecule has 4 nitrogen and oxygen atoms in total. The molecule has 0 fully saturated rings. The lowest BCUT2D eigenvalue weighted by Crippen LogP contribution is -2.53. The van der Waals surface area contributed by atoms with Crippen LogP contribution >= 0.6 is 0 Å². The number of hydrogen-bond acceptors (Lipinski definition) is 3. The minimum atomic E-state index is -1.96. The number of aliphatic carboxylic acids is 1. The lowest BCUT2D eigenvalue weighted by atomic mass is 9.72. The van der Waals surface area contributed by atoms with Gasteiger partial charge in [0.05, 0.1) is 5.41 Å². The Morgan fingerprint density at radius 2 is 1.53 bits per heavy atom. The van der Waals surface area contributed by atoms with Gasteiger partial charge in [-0.15, -0.1) is 0 Å². The molecule has 4 heteroatoms. The summed E-state index contributed by atoms with van der Waals surface area (Å²) in [6.45, 7) is 3.89. The van der Waals surface area contributed by atoms with E-state index in [1.54, 1.807) is 30.3 Å². The summed E-state index contributed by atoms with van der Waals surface area (Å²) in [4.78, 5) is 23.2. The average Bonchev–Trinajstić information content (AvgIpc) is 2.28. The van der Waals surface area contributed by atoms with Crippen molar-refractivity contribution in [3.8, 4) is 0 Å². The highest BCUT2D eigenvalue weighted by atomic mass is 16.4. The molecule has 1 unspecified atom stereocenters. The van der Waals surface area contributed by atoms with Gasteiger partial charge in [-0.2, -0.15) is 0 Å². The van der Waals surface area contributed by atoms with E-state index < -0.39 is 22.8 Å². The van der Waals surface area contributed by atoms with Gasteiger partial charge in [0.25, 0.3) is 0 Å².